The van der Waals surface area contributed by atoms with Gasteiger partial charge >= 0.3 is 0 Å². The highest BCUT2D eigenvalue weighted by Gasteiger charge is 2.25. The molecule has 0 fully saturated rings. The Morgan fingerprint density at radius 3 is 3.00 bits per heavy atom. The average Bonchev–Trinajstić information content (AvgIpc) is 3.34. The number of carbonyl (C=O) groups is 1. The number of phenolic OH excluding ortho intramolecular Hbond substituents is 1. The largest absolute Gasteiger partial charge is 0.507 e. The Balaban J connectivity index is 1.64. The Labute approximate surface area is 171 Å². The lowest BCUT2D eigenvalue weighted by molar-refractivity contribution is 0.0948. The SMILES string of the molecule is O=C(NCc1ccco1)c1c(N=Cc2cc(Cl)ccc2O)sc2c1CCCC2. The van der Waals surface area contributed by atoms with Gasteiger partial charge in [-0.1, -0.05) is 11.6 Å². The van der Waals surface area contributed by atoms with Crippen molar-refractivity contribution in [2.75, 3.05) is 0 Å². The number of aromatic hydroxyl groups is 1. The second-order valence-corrected chi connectivity index (χ2v) is 8.13. The summed E-state index contributed by atoms with van der Waals surface area (Å²) in [7, 11) is 0. The van der Waals surface area contributed by atoms with Gasteiger partial charge in [-0.15, -0.1) is 11.3 Å². The summed E-state index contributed by atoms with van der Waals surface area (Å²) in [4.78, 5) is 18.7. The third-order valence-corrected chi connectivity index (χ3v) is 6.13. The summed E-state index contributed by atoms with van der Waals surface area (Å²) >= 11 is 7.56. The number of fused-ring (bicyclic) bond motifs is 1. The van der Waals surface area contributed by atoms with Crippen molar-refractivity contribution in [2.24, 2.45) is 4.99 Å². The molecule has 0 aliphatic heterocycles. The standard InChI is InChI=1S/C21H19ClN2O3S/c22-14-7-8-17(25)13(10-14)11-24-21-19(16-5-1-2-6-18(16)28-21)20(26)23-12-15-4-3-9-27-15/h3-4,7-11,25H,1-2,5-6,12H2,(H,23,26). The van der Waals surface area contributed by atoms with Crippen molar-refractivity contribution < 1.29 is 14.3 Å². The van der Waals surface area contributed by atoms with Crippen molar-refractivity contribution in [1.29, 1.82) is 0 Å². The van der Waals surface area contributed by atoms with E-state index in [1.807, 2.05) is 6.07 Å². The summed E-state index contributed by atoms with van der Waals surface area (Å²) in [5.74, 6) is 0.642. The van der Waals surface area contributed by atoms with Crippen molar-refractivity contribution >= 4 is 40.1 Å². The first-order chi connectivity index (χ1) is 13.6. The zero-order chi connectivity index (χ0) is 19.5. The predicted octanol–water partition coefficient (Wildman–Crippen LogP) is 5.26. The Morgan fingerprint density at radius 1 is 1.32 bits per heavy atom. The fourth-order valence-electron chi connectivity index (χ4n) is 3.30. The van der Waals surface area contributed by atoms with Gasteiger partial charge < -0.3 is 14.8 Å². The van der Waals surface area contributed by atoms with Crippen LogP contribution >= 0.6 is 22.9 Å². The smallest absolute Gasteiger partial charge is 0.255 e. The number of hydrogen-bond acceptors (Lipinski definition) is 5. The van der Waals surface area contributed by atoms with Gasteiger partial charge in [0.05, 0.1) is 18.4 Å². The monoisotopic (exact) mass is 414 g/mol. The molecule has 1 aromatic carbocycles. The zero-order valence-electron chi connectivity index (χ0n) is 15.1. The van der Waals surface area contributed by atoms with Gasteiger partial charge in [0.1, 0.15) is 16.5 Å². The number of amides is 1. The molecule has 28 heavy (non-hydrogen) atoms. The maximum Gasteiger partial charge on any atom is 0.255 e. The summed E-state index contributed by atoms with van der Waals surface area (Å²) in [6.45, 7) is 0.328. The van der Waals surface area contributed by atoms with Gasteiger partial charge in [-0.3, -0.25) is 4.79 Å². The maximum absolute atomic E-state index is 12.9. The van der Waals surface area contributed by atoms with E-state index in [0.29, 0.717) is 33.5 Å². The number of carbonyl (C=O) groups excluding carboxylic acids is 1. The summed E-state index contributed by atoms with van der Waals surface area (Å²) in [5, 5.41) is 14.1. The summed E-state index contributed by atoms with van der Waals surface area (Å²) in [6, 6.07) is 8.40. The molecule has 0 atom stereocenters. The highest BCUT2D eigenvalue weighted by atomic mass is 35.5. The minimum atomic E-state index is -0.154. The Morgan fingerprint density at radius 2 is 2.18 bits per heavy atom. The molecule has 144 valence electrons. The lowest BCUT2D eigenvalue weighted by Gasteiger charge is -2.12. The van der Waals surface area contributed by atoms with Gasteiger partial charge in [-0.05, 0) is 61.6 Å². The van der Waals surface area contributed by atoms with E-state index < -0.39 is 0 Å². The van der Waals surface area contributed by atoms with E-state index in [0.717, 1.165) is 31.2 Å². The highest BCUT2D eigenvalue weighted by molar-refractivity contribution is 7.16. The number of rotatable bonds is 5. The molecule has 4 rings (SSSR count). The van der Waals surface area contributed by atoms with Crippen LogP contribution in [-0.2, 0) is 19.4 Å². The number of halogens is 1. The number of furan rings is 1. The first kappa shape index (κ1) is 18.8. The molecule has 0 saturated heterocycles. The van der Waals surface area contributed by atoms with Crippen LogP contribution in [0.5, 0.6) is 5.75 Å². The number of aliphatic imine (C=N–C) groups is 1. The molecule has 0 bridgehead atoms. The predicted molar refractivity (Wildman–Crippen MR) is 111 cm³/mol. The highest BCUT2D eigenvalue weighted by Crippen LogP contribution is 2.40. The minimum absolute atomic E-state index is 0.0956. The van der Waals surface area contributed by atoms with Crippen molar-refractivity contribution in [3.05, 3.63) is 68.9 Å². The third kappa shape index (κ3) is 3.98. The molecule has 3 aromatic rings. The first-order valence-corrected chi connectivity index (χ1v) is 10.3. The van der Waals surface area contributed by atoms with Crippen LogP contribution in [0.4, 0.5) is 5.00 Å². The van der Waals surface area contributed by atoms with Gasteiger partial charge in [0, 0.05) is 21.7 Å². The lowest BCUT2D eigenvalue weighted by Crippen LogP contribution is -2.23. The topological polar surface area (TPSA) is 74.8 Å². The summed E-state index contributed by atoms with van der Waals surface area (Å²) in [6.07, 6.45) is 7.19. The number of nitrogens with zero attached hydrogens (tertiary/aromatic N) is 1. The molecule has 1 amide bonds. The quantitative estimate of drug-likeness (QED) is 0.559. The van der Waals surface area contributed by atoms with E-state index in [1.165, 1.54) is 10.9 Å². The van der Waals surface area contributed by atoms with Crippen molar-refractivity contribution in [3.8, 4) is 5.75 Å². The van der Waals surface area contributed by atoms with Gasteiger partial charge in [0.25, 0.3) is 5.91 Å². The van der Waals surface area contributed by atoms with Gasteiger partial charge in [-0.2, -0.15) is 0 Å². The van der Waals surface area contributed by atoms with Gasteiger partial charge in [0.15, 0.2) is 0 Å². The van der Waals surface area contributed by atoms with Crippen LogP contribution in [0.1, 0.15) is 45.0 Å². The number of thiophene rings is 1. The van der Waals surface area contributed by atoms with Crippen LogP contribution in [0, 0.1) is 0 Å². The number of benzene rings is 1. The Kier molecular flexibility index (Phi) is 5.50. The molecule has 2 N–H and O–H groups in total. The molecular formula is C21H19ClN2O3S. The van der Waals surface area contributed by atoms with E-state index in [2.05, 4.69) is 10.3 Å². The maximum atomic E-state index is 12.9. The molecule has 7 heteroatoms. The van der Waals surface area contributed by atoms with Crippen molar-refractivity contribution in [1.82, 2.24) is 5.32 Å². The number of nitrogens with one attached hydrogen (secondary N) is 1. The zero-order valence-corrected chi connectivity index (χ0v) is 16.6. The van der Waals surface area contributed by atoms with E-state index in [9.17, 15) is 9.90 Å². The van der Waals surface area contributed by atoms with Crippen molar-refractivity contribution in [3.63, 3.8) is 0 Å². The third-order valence-electron chi connectivity index (χ3n) is 4.69. The fraction of sp³-hybridized carbons (Fsp3) is 0.238. The van der Waals surface area contributed by atoms with Crippen LogP contribution in [0.3, 0.4) is 0 Å². The molecule has 5 nitrogen and oxygen atoms in total. The molecule has 0 spiro atoms. The normalized spacial score (nSPS) is 13.6. The van der Waals surface area contributed by atoms with E-state index in [1.54, 1.807) is 42.0 Å². The molecule has 0 radical (unpaired) electrons. The first-order valence-electron chi connectivity index (χ1n) is 9.09. The second-order valence-electron chi connectivity index (χ2n) is 6.61. The molecule has 2 aromatic heterocycles. The van der Waals surface area contributed by atoms with Gasteiger partial charge in [0.2, 0.25) is 0 Å². The van der Waals surface area contributed by atoms with E-state index in [4.69, 9.17) is 16.0 Å². The van der Waals surface area contributed by atoms with Crippen LogP contribution in [0.15, 0.2) is 46.0 Å². The van der Waals surface area contributed by atoms with Crippen LogP contribution in [-0.4, -0.2) is 17.2 Å². The molecule has 0 unspecified atom stereocenters. The molecular weight excluding hydrogens is 396 g/mol. The Hall–Kier alpha value is -2.57. The molecule has 1 aliphatic carbocycles. The van der Waals surface area contributed by atoms with Crippen LogP contribution in [0.25, 0.3) is 0 Å². The second kappa shape index (κ2) is 8.20. The fourth-order valence-corrected chi connectivity index (χ4v) is 4.71. The number of phenols is 1. The summed E-state index contributed by atoms with van der Waals surface area (Å²) in [5.41, 5.74) is 2.24. The number of hydrogen-bond donors (Lipinski definition) is 2. The minimum Gasteiger partial charge on any atom is -0.507 e. The number of aryl methyl sites for hydroxylation is 1. The molecule has 2 heterocycles. The van der Waals surface area contributed by atoms with E-state index >= 15 is 0 Å². The van der Waals surface area contributed by atoms with Crippen LogP contribution in [0.2, 0.25) is 5.02 Å². The lowest BCUT2D eigenvalue weighted by atomic mass is 9.95. The molecule has 1 aliphatic rings. The van der Waals surface area contributed by atoms with E-state index in [-0.39, 0.29) is 11.7 Å². The van der Waals surface area contributed by atoms with Crippen molar-refractivity contribution in [2.45, 2.75) is 32.2 Å². The average molecular weight is 415 g/mol. The summed E-state index contributed by atoms with van der Waals surface area (Å²) < 4.78 is 5.29. The molecule has 0 saturated carbocycles. The van der Waals surface area contributed by atoms with Gasteiger partial charge in [-0.25, -0.2) is 4.99 Å². The van der Waals surface area contributed by atoms with Crippen LogP contribution < -0.4 is 5.32 Å². The Bertz CT molecular complexity index is 1020.